The van der Waals surface area contributed by atoms with Crippen LogP contribution in [0.5, 0.6) is 5.75 Å². The Kier molecular flexibility index (Phi) is 5.32. The molecule has 6 nitrogen and oxygen atoms in total. The van der Waals surface area contributed by atoms with Crippen molar-refractivity contribution in [2.75, 3.05) is 24.7 Å². The SMILES string of the molecule is CCS(O)(O)c1ccc(OCC2CC2)c(-c2cc(NC)c(=O)n(C)c2)c1. The highest BCUT2D eigenvalue weighted by molar-refractivity contribution is 8.24. The molecule has 0 aliphatic heterocycles. The Morgan fingerprint density at radius 3 is 2.65 bits per heavy atom. The predicted molar refractivity (Wildman–Crippen MR) is 107 cm³/mol. The topological polar surface area (TPSA) is 83.7 Å². The van der Waals surface area contributed by atoms with E-state index in [4.69, 9.17) is 4.74 Å². The van der Waals surface area contributed by atoms with Crippen molar-refractivity contribution in [3.05, 3.63) is 40.8 Å². The minimum atomic E-state index is -2.84. The number of ether oxygens (including phenoxy) is 1. The summed E-state index contributed by atoms with van der Waals surface area (Å²) in [6.07, 6.45) is 4.12. The van der Waals surface area contributed by atoms with Crippen molar-refractivity contribution >= 4 is 16.3 Å². The summed E-state index contributed by atoms with van der Waals surface area (Å²) in [6, 6.07) is 7.04. The highest BCUT2D eigenvalue weighted by atomic mass is 32.3. The molecule has 1 aliphatic carbocycles. The highest BCUT2D eigenvalue weighted by Crippen LogP contribution is 2.50. The standard InChI is InChI=1S/C19H26N2O4S/c1-4-26(23,24)15-7-8-18(25-12-13-5-6-13)16(10-15)14-9-17(20-2)19(22)21(3)11-14/h7-11,13,20,23-24H,4-6,12H2,1-3H3. The van der Waals surface area contributed by atoms with Crippen LogP contribution in [0.4, 0.5) is 5.69 Å². The molecule has 3 N–H and O–H groups in total. The number of aromatic nitrogens is 1. The minimum absolute atomic E-state index is 0.120. The van der Waals surface area contributed by atoms with Gasteiger partial charge in [0.25, 0.3) is 5.56 Å². The maximum Gasteiger partial charge on any atom is 0.273 e. The van der Waals surface area contributed by atoms with Crippen molar-refractivity contribution in [3.8, 4) is 16.9 Å². The normalized spacial score (nSPS) is 15.0. The molecule has 2 aromatic rings. The van der Waals surface area contributed by atoms with Crippen LogP contribution in [0.3, 0.4) is 0 Å². The van der Waals surface area contributed by atoms with Gasteiger partial charge in [0.15, 0.2) is 0 Å². The van der Waals surface area contributed by atoms with Gasteiger partial charge in [-0.3, -0.25) is 13.9 Å². The third-order valence-corrected chi connectivity index (χ3v) is 6.48. The fourth-order valence-electron chi connectivity index (χ4n) is 2.76. The van der Waals surface area contributed by atoms with Crippen molar-refractivity contribution < 1.29 is 13.8 Å². The first-order valence-corrected chi connectivity index (χ1v) is 10.5. The number of anilines is 1. The molecule has 0 atom stereocenters. The molecule has 0 saturated heterocycles. The van der Waals surface area contributed by atoms with Crippen LogP contribution in [-0.4, -0.2) is 33.1 Å². The summed E-state index contributed by atoms with van der Waals surface area (Å²) in [5.41, 5.74) is 1.90. The van der Waals surface area contributed by atoms with E-state index in [0.717, 1.165) is 11.1 Å². The first-order valence-electron chi connectivity index (χ1n) is 8.77. The lowest BCUT2D eigenvalue weighted by atomic mass is 10.1. The Labute approximate surface area is 155 Å². The number of rotatable bonds is 7. The smallest absolute Gasteiger partial charge is 0.273 e. The molecule has 0 spiro atoms. The third-order valence-electron chi connectivity index (χ3n) is 4.67. The van der Waals surface area contributed by atoms with Gasteiger partial charge in [-0.05, 0) is 49.9 Å². The van der Waals surface area contributed by atoms with Gasteiger partial charge in [0, 0.05) is 37.2 Å². The summed E-state index contributed by atoms with van der Waals surface area (Å²) >= 11 is 0. The molecule has 0 unspecified atom stereocenters. The van der Waals surface area contributed by atoms with E-state index < -0.39 is 10.6 Å². The van der Waals surface area contributed by atoms with E-state index in [1.165, 1.54) is 17.4 Å². The summed E-state index contributed by atoms with van der Waals surface area (Å²) in [7, 11) is 0.561. The Morgan fingerprint density at radius 1 is 1.31 bits per heavy atom. The lowest BCUT2D eigenvalue weighted by Crippen LogP contribution is -2.19. The second kappa shape index (κ2) is 7.34. The molecule has 0 bridgehead atoms. The summed E-state index contributed by atoms with van der Waals surface area (Å²) in [4.78, 5) is 12.6. The largest absolute Gasteiger partial charge is 0.493 e. The second-order valence-electron chi connectivity index (χ2n) is 6.68. The van der Waals surface area contributed by atoms with E-state index in [-0.39, 0.29) is 11.3 Å². The summed E-state index contributed by atoms with van der Waals surface area (Å²) < 4.78 is 28.1. The van der Waals surface area contributed by atoms with Gasteiger partial charge in [-0.1, -0.05) is 0 Å². The Morgan fingerprint density at radius 2 is 2.04 bits per heavy atom. The molecular formula is C19H26N2O4S. The lowest BCUT2D eigenvalue weighted by molar-refractivity contribution is 0.301. The van der Waals surface area contributed by atoms with E-state index in [0.29, 0.717) is 28.9 Å². The molecular weight excluding hydrogens is 352 g/mol. The maximum atomic E-state index is 12.2. The predicted octanol–water partition coefficient (Wildman–Crippen LogP) is 4.01. The van der Waals surface area contributed by atoms with Crippen LogP contribution in [0.15, 0.2) is 40.2 Å². The fraction of sp³-hybridized carbons (Fsp3) is 0.421. The molecule has 142 valence electrons. The van der Waals surface area contributed by atoms with Crippen LogP contribution >= 0.6 is 10.6 Å². The average molecular weight is 378 g/mol. The summed E-state index contributed by atoms with van der Waals surface area (Å²) in [6.45, 7) is 2.40. The van der Waals surface area contributed by atoms with Crippen LogP contribution in [0, 0.1) is 5.92 Å². The van der Waals surface area contributed by atoms with Crippen molar-refractivity contribution in [1.29, 1.82) is 0 Å². The lowest BCUT2D eigenvalue weighted by Gasteiger charge is -2.31. The molecule has 1 aromatic heterocycles. The molecule has 7 heteroatoms. The number of hydrogen-bond donors (Lipinski definition) is 3. The van der Waals surface area contributed by atoms with Gasteiger partial charge >= 0.3 is 0 Å². The maximum absolute atomic E-state index is 12.2. The fourth-order valence-corrected chi connectivity index (χ4v) is 3.69. The van der Waals surface area contributed by atoms with Crippen LogP contribution < -0.4 is 15.6 Å². The van der Waals surface area contributed by atoms with Crippen LogP contribution in [0.1, 0.15) is 19.8 Å². The van der Waals surface area contributed by atoms with E-state index >= 15 is 0 Å². The van der Waals surface area contributed by atoms with Crippen LogP contribution in [-0.2, 0) is 7.05 Å². The quantitative estimate of drug-likeness (QED) is 0.678. The molecule has 1 aromatic carbocycles. The molecule has 1 saturated carbocycles. The highest BCUT2D eigenvalue weighted by Gasteiger charge is 2.23. The van der Waals surface area contributed by atoms with Crippen molar-refractivity contribution in [2.45, 2.75) is 24.7 Å². The van der Waals surface area contributed by atoms with Gasteiger partial charge < -0.3 is 14.6 Å². The van der Waals surface area contributed by atoms with Gasteiger partial charge in [0.1, 0.15) is 11.4 Å². The summed E-state index contributed by atoms with van der Waals surface area (Å²) in [5, 5.41) is 2.91. The third kappa shape index (κ3) is 3.90. The number of benzene rings is 1. The molecule has 3 rings (SSSR count). The molecule has 1 fully saturated rings. The zero-order valence-electron chi connectivity index (χ0n) is 15.4. The van der Waals surface area contributed by atoms with Gasteiger partial charge in [-0.2, -0.15) is 10.6 Å². The summed E-state index contributed by atoms with van der Waals surface area (Å²) in [5.74, 6) is 1.54. The second-order valence-corrected chi connectivity index (χ2v) is 9.06. The number of nitrogens with zero attached hydrogens (tertiary/aromatic N) is 1. The van der Waals surface area contributed by atoms with Crippen molar-refractivity contribution in [3.63, 3.8) is 0 Å². The number of hydrogen-bond acceptors (Lipinski definition) is 5. The number of aryl methyl sites for hydroxylation is 1. The molecule has 1 aliphatic rings. The van der Waals surface area contributed by atoms with E-state index in [1.807, 2.05) is 0 Å². The van der Waals surface area contributed by atoms with Crippen molar-refractivity contribution in [1.82, 2.24) is 4.57 Å². The van der Waals surface area contributed by atoms with Gasteiger partial charge in [-0.25, -0.2) is 0 Å². The molecule has 0 radical (unpaired) electrons. The minimum Gasteiger partial charge on any atom is -0.493 e. The van der Waals surface area contributed by atoms with Gasteiger partial charge in [0.2, 0.25) is 0 Å². The first-order chi connectivity index (χ1) is 12.4. The van der Waals surface area contributed by atoms with E-state index in [1.54, 1.807) is 51.5 Å². The van der Waals surface area contributed by atoms with E-state index in [2.05, 4.69) is 5.32 Å². The zero-order chi connectivity index (χ0) is 18.9. The first kappa shape index (κ1) is 18.8. The average Bonchev–Trinajstić information content (AvgIpc) is 3.46. The van der Waals surface area contributed by atoms with Crippen molar-refractivity contribution in [2.24, 2.45) is 13.0 Å². The zero-order valence-corrected chi connectivity index (χ0v) is 16.2. The monoisotopic (exact) mass is 378 g/mol. The molecule has 0 amide bonds. The number of nitrogens with one attached hydrogen (secondary N) is 1. The van der Waals surface area contributed by atoms with Gasteiger partial charge in [0.05, 0.1) is 11.5 Å². The van der Waals surface area contributed by atoms with Gasteiger partial charge in [-0.15, -0.1) is 0 Å². The molecule has 1 heterocycles. The number of pyridine rings is 1. The Bertz CT molecular complexity index is 859. The van der Waals surface area contributed by atoms with E-state index in [9.17, 15) is 13.9 Å². The van der Waals surface area contributed by atoms with Crippen LogP contribution in [0.2, 0.25) is 0 Å². The van der Waals surface area contributed by atoms with Crippen LogP contribution in [0.25, 0.3) is 11.1 Å². The Hall–Kier alpha value is -1.96. The Balaban J connectivity index is 2.10. The molecule has 26 heavy (non-hydrogen) atoms.